The molecule has 3 aromatic rings. The van der Waals surface area contributed by atoms with E-state index >= 15 is 0 Å². The van der Waals surface area contributed by atoms with Crippen molar-refractivity contribution >= 4 is 42.6 Å². The molecule has 180 valence electrons. The predicted molar refractivity (Wildman–Crippen MR) is 135 cm³/mol. The second kappa shape index (κ2) is 11.5. The first-order chi connectivity index (χ1) is 15.7. The highest BCUT2D eigenvalue weighted by atomic mass is 79.9. The first kappa shape index (κ1) is 25.7. The minimum Gasteiger partial charge on any atom is -0.385 e. The summed E-state index contributed by atoms with van der Waals surface area (Å²) in [5.41, 5.74) is 3.25. The van der Waals surface area contributed by atoms with E-state index < -0.39 is 10.1 Å². The molecule has 0 saturated carbocycles. The van der Waals surface area contributed by atoms with E-state index in [4.69, 9.17) is 9.29 Å². The summed E-state index contributed by atoms with van der Waals surface area (Å²) in [5.74, 6) is 0.700. The molecule has 1 fully saturated rings. The fraction of sp³-hybridized carbons (Fsp3) is 0.458. The van der Waals surface area contributed by atoms with Crippen LogP contribution in [0.1, 0.15) is 51.8 Å². The summed E-state index contributed by atoms with van der Waals surface area (Å²) in [7, 11) is -4.23. The molecular weight excluding hydrogens is 506 g/mol. The summed E-state index contributed by atoms with van der Waals surface area (Å²) in [6.45, 7) is 8.32. The molecule has 1 aliphatic rings. The van der Waals surface area contributed by atoms with Crippen molar-refractivity contribution in [3.05, 3.63) is 52.6 Å². The van der Waals surface area contributed by atoms with Gasteiger partial charge in [0.1, 0.15) is 4.60 Å². The number of nitrogens with one attached hydrogen (secondary N) is 1. The number of nitrogens with zero attached hydrogens (tertiary/aromatic N) is 2. The molecule has 0 bridgehead atoms. The molecule has 7 nitrogen and oxygen atoms in total. The molecule has 1 unspecified atom stereocenters. The number of rotatable bonds is 6. The first-order valence-electron chi connectivity index (χ1n) is 11.3. The van der Waals surface area contributed by atoms with Gasteiger partial charge in [-0.15, -0.1) is 0 Å². The summed E-state index contributed by atoms with van der Waals surface area (Å²) >= 11 is 3.36. The molecule has 2 aromatic carbocycles. The van der Waals surface area contributed by atoms with E-state index in [0.29, 0.717) is 22.6 Å². The summed E-state index contributed by atoms with van der Waals surface area (Å²) < 4.78 is 39.6. The van der Waals surface area contributed by atoms with Gasteiger partial charge in [0.2, 0.25) is 0 Å². The molecule has 0 aliphatic carbocycles. The first-order valence-corrected chi connectivity index (χ1v) is 13.5. The zero-order chi connectivity index (χ0) is 24.0. The van der Waals surface area contributed by atoms with Gasteiger partial charge in [-0.3, -0.25) is 4.55 Å². The molecule has 2 heterocycles. The van der Waals surface area contributed by atoms with Crippen LogP contribution in [-0.4, -0.2) is 35.9 Å². The van der Waals surface area contributed by atoms with Gasteiger partial charge < -0.3 is 10.1 Å². The molecule has 33 heavy (non-hydrogen) atoms. The number of ether oxygens (including phenoxy) is 1. The SMILES string of the molecule is CCc1ccc(NCC(C)C)cc1.O=S(=O)(O)c1ccc2c(Br)nn(C3CCCCO3)c2c1. The van der Waals surface area contributed by atoms with Gasteiger partial charge in [-0.25, -0.2) is 4.68 Å². The van der Waals surface area contributed by atoms with Crippen LogP contribution in [0.4, 0.5) is 5.69 Å². The number of hydrogen-bond donors (Lipinski definition) is 2. The molecule has 0 spiro atoms. The van der Waals surface area contributed by atoms with Gasteiger partial charge >= 0.3 is 0 Å². The number of hydrogen-bond acceptors (Lipinski definition) is 5. The van der Waals surface area contributed by atoms with Crippen molar-refractivity contribution in [3.63, 3.8) is 0 Å². The molecule has 1 aliphatic heterocycles. The minimum absolute atomic E-state index is 0.144. The molecule has 9 heteroatoms. The van der Waals surface area contributed by atoms with Crippen LogP contribution in [-0.2, 0) is 21.3 Å². The van der Waals surface area contributed by atoms with Crippen molar-refractivity contribution < 1.29 is 17.7 Å². The topological polar surface area (TPSA) is 93.5 Å². The Bertz CT molecular complexity index is 1150. The fourth-order valence-electron chi connectivity index (χ4n) is 3.55. The van der Waals surface area contributed by atoms with Gasteiger partial charge in [-0.05, 0) is 83.4 Å². The Kier molecular flexibility index (Phi) is 8.92. The number of aryl methyl sites for hydroxylation is 1. The van der Waals surface area contributed by atoms with Gasteiger partial charge in [0.05, 0.1) is 10.4 Å². The summed E-state index contributed by atoms with van der Waals surface area (Å²) in [6.07, 6.45) is 3.81. The average molecular weight is 539 g/mol. The third kappa shape index (κ3) is 7.02. The molecule has 1 aromatic heterocycles. The van der Waals surface area contributed by atoms with Crippen LogP contribution in [0.2, 0.25) is 0 Å². The third-order valence-electron chi connectivity index (χ3n) is 5.44. The van der Waals surface area contributed by atoms with Crippen LogP contribution >= 0.6 is 15.9 Å². The Labute approximate surface area is 204 Å². The number of anilines is 1. The average Bonchev–Trinajstić information content (AvgIpc) is 3.14. The van der Waals surface area contributed by atoms with Crippen LogP contribution in [0.15, 0.2) is 52.0 Å². The number of aromatic nitrogens is 2. The van der Waals surface area contributed by atoms with Crippen LogP contribution in [0, 0.1) is 5.92 Å². The quantitative estimate of drug-likeness (QED) is 0.371. The van der Waals surface area contributed by atoms with Gasteiger partial charge in [-0.1, -0.05) is 32.9 Å². The van der Waals surface area contributed by atoms with Crippen molar-refractivity contribution in [2.75, 3.05) is 18.5 Å². The zero-order valence-electron chi connectivity index (χ0n) is 19.3. The van der Waals surface area contributed by atoms with Gasteiger partial charge in [0.25, 0.3) is 10.1 Å². The second-order valence-electron chi connectivity index (χ2n) is 8.54. The Morgan fingerprint density at radius 1 is 1.21 bits per heavy atom. The van der Waals surface area contributed by atoms with Crippen LogP contribution in [0.5, 0.6) is 0 Å². The molecule has 0 radical (unpaired) electrons. The van der Waals surface area contributed by atoms with Crippen LogP contribution in [0.3, 0.4) is 0 Å². The smallest absolute Gasteiger partial charge is 0.294 e. The number of halogens is 1. The van der Waals surface area contributed by atoms with E-state index in [9.17, 15) is 8.42 Å². The predicted octanol–water partition coefficient (Wildman–Crippen LogP) is 6.06. The lowest BCUT2D eigenvalue weighted by atomic mass is 10.1. The highest BCUT2D eigenvalue weighted by Crippen LogP contribution is 2.31. The van der Waals surface area contributed by atoms with Gasteiger partial charge in [0, 0.05) is 24.2 Å². The normalized spacial score (nSPS) is 16.5. The van der Waals surface area contributed by atoms with Gasteiger partial charge in [-0.2, -0.15) is 13.5 Å². The minimum atomic E-state index is -4.23. The van der Waals surface area contributed by atoms with E-state index in [-0.39, 0.29) is 11.1 Å². The molecule has 2 N–H and O–H groups in total. The lowest BCUT2D eigenvalue weighted by molar-refractivity contribution is -0.0368. The Balaban J connectivity index is 0.000000205. The van der Waals surface area contributed by atoms with Crippen molar-refractivity contribution in [3.8, 4) is 0 Å². The lowest BCUT2D eigenvalue weighted by Crippen LogP contribution is -2.19. The number of benzene rings is 2. The van der Waals surface area contributed by atoms with Gasteiger partial charge in [0.15, 0.2) is 6.23 Å². The maximum absolute atomic E-state index is 11.3. The highest BCUT2D eigenvalue weighted by Gasteiger charge is 2.22. The molecule has 1 saturated heterocycles. The van der Waals surface area contributed by atoms with E-state index in [1.807, 2.05) is 0 Å². The van der Waals surface area contributed by atoms with E-state index in [2.05, 4.69) is 71.4 Å². The highest BCUT2D eigenvalue weighted by molar-refractivity contribution is 9.10. The molecule has 1 atom stereocenters. The molecule has 4 rings (SSSR count). The summed E-state index contributed by atoms with van der Waals surface area (Å²) in [4.78, 5) is -0.144. The summed E-state index contributed by atoms with van der Waals surface area (Å²) in [5, 5.41) is 8.55. The zero-order valence-corrected chi connectivity index (χ0v) is 21.7. The molecule has 0 amide bonds. The van der Waals surface area contributed by atoms with Crippen LogP contribution in [0.25, 0.3) is 10.9 Å². The monoisotopic (exact) mass is 537 g/mol. The van der Waals surface area contributed by atoms with Crippen LogP contribution < -0.4 is 5.32 Å². The summed E-state index contributed by atoms with van der Waals surface area (Å²) in [6, 6.07) is 13.1. The maximum Gasteiger partial charge on any atom is 0.294 e. The van der Waals surface area contributed by atoms with Crippen molar-refractivity contribution in [1.82, 2.24) is 9.78 Å². The molecular formula is C24H32BrN3O4S. The van der Waals surface area contributed by atoms with Crippen molar-refractivity contribution in [1.29, 1.82) is 0 Å². The lowest BCUT2D eigenvalue weighted by Gasteiger charge is -2.23. The number of fused-ring (bicyclic) bond motifs is 1. The maximum atomic E-state index is 11.3. The van der Waals surface area contributed by atoms with Crippen molar-refractivity contribution in [2.24, 2.45) is 5.92 Å². The second-order valence-corrected chi connectivity index (χ2v) is 10.7. The Morgan fingerprint density at radius 2 is 1.94 bits per heavy atom. The third-order valence-corrected chi connectivity index (χ3v) is 6.87. The fourth-order valence-corrected chi connectivity index (χ4v) is 4.56. The van der Waals surface area contributed by atoms with E-state index in [1.165, 1.54) is 23.4 Å². The Hall–Kier alpha value is -1.94. The Morgan fingerprint density at radius 3 is 2.52 bits per heavy atom. The van der Waals surface area contributed by atoms with Crippen molar-refractivity contribution in [2.45, 2.75) is 57.6 Å². The largest absolute Gasteiger partial charge is 0.385 e. The standard InChI is InChI=1S/C12H13BrN2O4S.C12H19N/c13-12-9-5-4-8(20(16,17)18)7-10(9)15(14-12)11-3-1-2-6-19-11;1-4-11-5-7-12(8-6-11)13-9-10(2)3/h4-5,7,11H,1-3,6H2,(H,16,17,18);5-8,10,13H,4,9H2,1-3H3. The van der Waals surface area contributed by atoms with E-state index in [0.717, 1.165) is 37.6 Å². The van der Waals surface area contributed by atoms with E-state index in [1.54, 1.807) is 10.7 Å².